The molecule has 7 heteroatoms. The van der Waals surface area contributed by atoms with E-state index in [0.717, 1.165) is 12.8 Å². The Hall–Kier alpha value is -0.400. The molecule has 0 radical (unpaired) electrons. The van der Waals surface area contributed by atoms with Gasteiger partial charge in [-0.3, -0.25) is 0 Å². The maximum atomic E-state index is 12.7. The van der Waals surface area contributed by atoms with Gasteiger partial charge in [0.05, 0.1) is 4.99 Å². The topological polar surface area (TPSA) is 38.5 Å². The second-order valence-electron chi connectivity index (χ2n) is 4.77. The second kappa shape index (κ2) is 6.68. The van der Waals surface area contributed by atoms with Crippen LogP contribution in [-0.2, 0) is 4.74 Å². The number of thiocarbonyl (C=S) groups is 1. The monoisotopic (exact) mass is 284 g/mol. The number of nitrogens with two attached hydrogens (primary N) is 1. The first-order chi connectivity index (χ1) is 8.30. The Kier molecular flexibility index (Phi) is 5.81. The van der Waals surface area contributed by atoms with Crippen LogP contribution in [0.3, 0.4) is 0 Å². The molecular weight excluding hydrogens is 265 g/mol. The highest BCUT2D eigenvalue weighted by Crippen LogP contribution is 2.27. The van der Waals surface area contributed by atoms with Gasteiger partial charge in [-0.05, 0) is 25.8 Å². The molecule has 0 aromatic heterocycles. The van der Waals surface area contributed by atoms with Gasteiger partial charge in [-0.15, -0.1) is 0 Å². The lowest BCUT2D eigenvalue weighted by atomic mass is 9.99. The highest BCUT2D eigenvalue weighted by molar-refractivity contribution is 7.80. The van der Waals surface area contributed by atoms with Gasteiger partial charge in [0.15, 0.2) is 0 Å². The van der Waals surface area contributed by atoms with Gasteiger partial charge in [-0.1, -0.05) is 12.2 Å². The van der Waals surface area contributed by atoms with Gasteiger partial charge in [-0.25, -0.2) is 0 Å². The van der Waals surface area contributed by atoms with Gasteiger partial charge in [0.1, 0.15) is 5.92 Å². The van der Waals surface area contributed by atoms with Crippen LogP contribution in [0.4, 0.5) is 13.2 Å². The molecule has 0 bridgehead atoms. The number of halogens is 3. The molecule has 0 spiro atoms. The summed E-state index contributed by atoms with van der Waals surface area (Å²) in [7, 11) is 1.67. The Labute approximate surface area is 110 Å². The minimum atomic E-state index is -4.37. The summed E-state index contributed by atoms with van der Waals surface area (Å²) < 4.78 is 43.3. The minimum Gasteiger partial charge on any atom is -0.393 e. The van der Waals surface area contributed by atoms with Crippen molar-refractivity contribution in [2.75, 3.05) is 33.4 Å². The van der Waals surface area contributed by atoms with E-state index in [0.29, 0.717) is 25.7 Å². The van der Waals surface area contributed by atoms with Crippen molar-refractivity contribution in [1.29, 1.82) is 0 Å². The third-order valence-corrected chi connectivity index (χ3v) is 3.43. The molecule has 1 unspecified atom stereocenters. The third-order valence-electron chi connectivity index (χ3n) is 3.14. The minimum absolute atomic E-state index is 0.170. The zero-order valence-electron chi connectivity index (χ0n) is 10.4. The molecule has 0 aromatic rings. The fraction of sp³-hybridized carbons (Fsp3) is 0.909. The summed E-state index contributed by atoms with van der Waals surface area (Å²) in [5.41, 5.74) is 5.17. The van der Waals surface area contributed by atoms with E-state index in [9.17, 15) is 13.2 Å². The van der Waals surface area contributed by atoms with E-state index in [2.05, 4.69) is 12.2 Å². The van der Waals surface area contributed by atoms with Crippen molar-refractivity contribution >= 4 is 17.2 Å². The Balaban J connectivity index is 2.45. The van der Waals surface area contributed by atoms with Gasteiger partial charge in [0.25, 0.3) is 0 Å². The SMILES string of the molecule is CN(CC1CCOCC1)CC(C(N)=S)C(F)(F)F. The fourth-order valence-electron chi connectivity index (χ4n) is 2.11. The average molecular weight is 284 g/mol. The Bertz CT molecular complexity index is 280. The smallest absolute Gasteiger partial charge is 0.393 e. The van der Waals surface area contributed by atoms with Crippen molar-refractivity contribution in [1.82, 2.24) is 4.90 Å². The highest BCUT2D eigenvalue weighted by atomic mass is 32.1. The van der Waals surface area contributed by atoms with Gasteiger partial charge in [0, 0.05) is 26.3 Å². The molecule has 1 saturated heterocycles. The van der Waals surface area contributed by atoms with Gasteiger partial charge in [-0.2, -0.15) is 13.2 Å². The van der Waals surface area contributed by atoms with E-state index in [1.54, 1.807) is 11.9 Å². The van der Waals surface area contributed by atoms with Crippen molar-refractivity contribution < 1.29 is 17.9 Å². The predicted octanol–water partition coefficient (Wildman–Crippen LogP) is 1.81. The maximum Gasteiger partial charge on any atom is 0.399 e. The molecule has 1 rings (SSSR count). The van der Waals surface area contributed by atoms with E-state index >= 15 is 0 Å². The fourth-order valence-corrected chi connectivity index (χ4v) is 2.32. The molecule has 0 saturated carbocycles. The largest absolute Gasteiger partial charge is 0.399 e. The van der Waals surface area contributed by atoms with E-state index in [4.69, 9.17) is 10.5 Å². The first-order valence-corrected chi connectivity index (χ1v) is 6.34. The summed E-state index contributed by atoms with van der Waals surface area (Å²) in [5, 5.41) is 0. The molecule has 0 aromatic carbocycles. The first-order valence-electron chi connectivity index (χ1n) is 5.93. The molecule has 1 fully saturated rings. The van der Waals surface area contributed by atoms with Crippen LogP contribution in [0.2, 0.25) is 0 Å². The lowest BCUT2D eigenvalue weighted by molar-refractivity contribution is -0.159. The molecule has 0 aliphatic carbocycles. The molecule has 3 nitrogen and oxygen atoms in total. The Morgan fingerprint density at radius 3 is 2.44 bits per heavy atom. The summed E-state index contributed by atoms with van der Waals surface area (Å²) in [6.07, 6.45) is -2.57. The normalized spacial score (nSPS) is 20.1. The van der Waals surface area contributed by atoms with Gasteiger partial charge < -0.3 is 15.4 Å². The molecule has 1 atom stereocenters. The van der Waals surface area contributed by atoms with Crippen molar-refractivity contribution in [2.24, 2.45) is 17.6 Å². The van der Waals surface area contributed by atoms with Crippen LogP contribution in [-0.4, -0.2) is 49.4 Å². The summed E-state index contributed by atoms with van der Waals surface area (Å²) in [6, 6.07) is 0. The number of ether oxygens (including phenoxy) is 1. The molecular formula is C11H19F3N2OS. The standard InChI is InChI=1S/C11H19F3N2OS/c1-16(6-8-2-4-17-5-3-8)7-9(10(15)18)11(12,13)14/h8-9H,2-7H2,1H3,(H2,15,18). The molecule has 0 amide bonds. The molecule has 1 heterocycles. The van der Waals surface area contributed by atoms with Gasteiger partial charge >= 0.3 is 6.18 Å². The van der Waals surface area contributed by atoms with Crippen molar-refractivity contribution in [3.05, 3.63) is 0 Å². The van der Waals surface area contributed by atoms with Gasteiger partial charge in [0.2, 0.25) is 0 Å². The Morgan fingerprint density at radius 1 is 1.44 bits per heavy atom. The zero-order valence-corrected chi connectivity index (χ0v) is 11.2. The first kappa shape index (κ1) is 15.7. The lowest BCUT2D eigenvalue weighted by Gasteiger charge is -2.30. The maximum absolute atomic E-state index is 12.7. The van der Waals surface area contributed by atoms with Crippen molar-refractivity contribution in [3.63, 3.8) is 0 Å². The number of hydrogen-bond acceptors (Lipinski definition) is 3. The number of rotatable bonds is 5. The van der Waals surface area contributed by atoms with Crippen LogP contribution in [0.25, 0.3) is 0 Å². The third kappa shape index (κ3) is 5.07. The Morgan fingerprint density at radius 2 is 2.00 bits per heavy atom. The lowest BCUT2D eigenvalue weighted by Crippen LogP contribution is -2.43. The average Bonchev–Trinajstić information content (AvgIpc) is 2.25. The molecule has 1 aliphatic rings. The number of hydrogen-bond donors (Lipinski definition) is 1. The second-order valence-corrected chi connectivity index (χ2v) is 5.24. The van der Waals surface area contributed by atoms with Crippen molar-refractivity contribution in [3.8, 4) is 0 Å². The summed E-state index contributed by atoms with van der Waals surface area (Å²) in [5.74, 6) is -1.33. The van der Waals surface area contributed by atoms with E-state index in [1.807, 2.05) is 0 Å². The molecule has 1 aliphatic heterocycles. The predicted molar refractivity (Wildman–Crippen MR) is 67.4 cm³/mol. The van der Waals surface area contributed by atoms with Crippen LogP contribution in [0.5, 0.6) is 0 Å². The van der Waals surface area contributed by atoms with Crippen LogP contribution in [0.15, 0.2) is 0 Å². The van der Waals surface area contributed by atoms with E-state index in [1.165, 1.54) is 0 Å². The quantitative estimate of drug-likeness (QED) is 0.782. The van der Waals surface area contributed by atoms with Crippen LogP contribution >= 0.6 is 12.2 Å². The summed E-state index contributed by atoms with van der Waals surface area (Å²) in [4.78, 5) is 1.18. The van der Waals surface area contributed by atoms with Crippen LogP contribution < -0.4 is 5.73 Å². The molecule has 106 valence electrons. The van der Waals surface area contributed by atoms with E-state index < -0.39 is 17.1 Å². The number of alkyl halides is 3. The number of nitrogens with zero attached hydrogens (tertiary/aromatic N) is 1. The van der Waals surface area contributed by atoms with E-state index in [-0.39, 0.29) is 6.54 Å². The summed E-state index contributed by atoms with van der Waals surface area (Å²) in [6.45, 7) is 1.84. The zero-order chi connectivity index (χ0) is 13.8. The summed E-state index contributed by atoms with van der Waals surface area (Å²) >= 11 is 4.50. The molecule has 18 heavy (non-hydrogen) atoms. The van der Waals surface area contributed by atoms with Crippen molar-refractivity contribution in [2.45, 2.75) is 19.0 Å². The highest BCUT2D eigenvalue weighted by Gasteiger charge is 2.42. The van der Waals surface area contributed by atoms with Crippen LogP contribution in [0, 0.1) is 11.8 Å². The molecule has 2 N–H and O–H groups in total. The van der Waals surface area contributed by atoms with Crippen LogP contribution in [0.1, 0.15) is 12.8 Å².